The van der Waals surface area contributed by atoms with Gasteiger partial charge < -0.3 is 19.4 Å². The molecule has 1 aliphatic rings. The molecule has 92 valence electrons. The van der Waals surface area contributed by atoms with Crippen molar-refractivity contribution in [2.24, 2.45) is 0 Å². The molecule has 0 radical (unpaired) electrons. The number of rotatable bonds is 3. The highest BCUT2D eigenvalue weighted by Gasteiger charge is 2.32. The maximum Gasteiger partial charge on any atom is 0.374 e. The molecule has 2 N–H and O–H groups in total. The predicted molar refractivity (Wildman–Crippen MR) is 53.2 cm³/mol. The van der Waals surface area contributed by atoms with Gasteiger partial charge in [0.05, 0.1) is 18.6 Å². The third-order valence-corrected chi connectivity index (χ3v) is 2.59. The second-order valence-corrected chi connectivity index (χ2v) is 3.92. The molecule has 0 spiro atoms. The lowest BCUT2D eigenvalue weighted by Crippen LogP contribution is -2.06. The Bertz CT molecular complexity index is 434. The molecule has 2 rings (SSSR count). The van der Waals surface area contributed by atoms with Gasteiger partial charge in [0.15, 0.2) is 0 Å². The fourth-order valence-corrected chi connectivity index (χ4v) is 1.79. The summed E-state index contributed by atoms with van der Waals surface area (Å²) in [6.07, 6.45) is 0.673. The molecule has 0 bridgehead atoms. The van der Waals surface area contributed by atoms with Gasteiger partial charge in [0, 0.05) is 0 Å². The monoisotopic (exact) mass is 241 g/mol. The van der Waals surface area contributed by atoms with Crippen molar-refractivity contribution in [3.63, 3.8) is 0 Å². The van der Waals surface area contributed by atoms with Crippen molar-refractivity contribution in [1.82, 2.24) is 4.98 Å². The number of carboxylic acids is 2. The van der Waals surface area contributed by atoms with E-state index in [0.717, 1.165) is 0 Å². The maximum atomic E-state index is 10.8. The fourth-order valence-electron chi connectivity index (χ4n) is 1.79. The molecule has 0 aromatic carbocycles. The number of nitrogens with zero attached hydrogens (tertiary/aromatic N) is 1. The van der Waals surface area contributed by atoms with Crippen molar-refractivity contribution in [1.29, 1.82) is 0 Å². The molecule has 7 nitrogen and oxygen atoms in total. The van der Waals surface area contributed by atoms with Gasteiger partial charge in [-0.25, -0.2) is 14.6 Å². The molecule has 0 amide bonds. The summed E-state index contributed by atoms with van der Waals surface area (Å²) in [5.74, 6) is -3.55. The summed E-state index contributed by atoms with van der Waals surface area (Å²) < 4.78 is 10.3. The van der Waals surface area contributed by atoms with Gasteiger partial charge in [-0.15, -0.1) is 0 Å². The second kappa shape index (κ2) is 4.17. The van der Waals surface area contributed by atoms with Gasteiger partial charge in [0.25, 0.3) is 0 Å². The van der Waals surface area contributed by atoms with E-state index in [1.54, 1.807) is 0 Å². The zero-order chi connectivity index (χ0) is 12.6. The van der Waals surface area contributed by atoms with Crippen LogP contribution in [0, 0.1) is 0 Å². The normalized spacial score (nSPS) is 23.8. The molecule has 7 heteroatoms. The van der Waals surface area contributed by atoms with Gasteiger partial charge in [-0.3, -0.25) is 0 Å². The molecule has 1 aliphatic heterocycles. The summed E-state index contributed by atoms with van der Waals surface area (Å²) in [4.78, 5) is 25.3. The third kappa shape index (κ3) is 2.14. The summed E-state index contributed by atoms with van der Waals surface area (Å²) in [6, 6.07) is 0. The number of ether oxygens (including phenoxy) is 1. The van der Waals surface area contributed by atoms with Crippen LogP contribution in [0.3, 0.4) is 0 Å². The highest BCUT2D eigenvalue weighted by atomic mass is 16.5. The standard InChI is InChI=1S/C10H11NO6/c1-4-2-5(3-16-4)8-11-6(9(12)13)7(17-8)10(14)15/h4-5H,2-3H2,1H3,(H,12,13)(H,14,15). The first-order valence-corrected chi connectivity index (χ1v) is 5.08. The summed E-state index contributed by atoms with van der Waals surface area (Å²) >= 11 is 0. The molecule has 2 heterocycles. The van der Waals surface area contributed by atoms with Crippen molar-refractivity contribution in [3.05, 3.63) is 17.3 Å². The molecule has 1 aromatic heterocycles. The van der Waals surface area contributed by atoms with Gasteiger partial charge in [-0.05, 0) is 13.3 Å². The number of oxazole rings is 1. The van der Waals surface area contributed by atoms with Crippen LogP contribution in [-0.4, -0.2) is 39.8 Å². The van der Waals surface area contributed by atoms with Crippen LogP contribution in [0.2, 0.25) is 0 Å². The quantitative estimate of drug-likeness (QED) is 0.810. The maximum absolute atomic E-state index is 10.8. The van der Waals surface area contributed by atoms with Crippen LogP contribution in [0.5, 0.6) is 0 Å². The second-order valence-electron chi connectivity index (χ2n) is 3.92. The molecule has 2 atom stereocenters. The minimum atomic E-state index is -1.44. The van der Waals surface area contributed by atoms with Crippen LogP contribution < -0.4 is 0 Å². The van der Waals surface area contributed by atoms with Gasteiger partial charge in [-0.2, -0.15) is 0 Å². The van der Waals surface area contributed by atoms with Gasteiger partial charge in [0.2, 0.25) is 17.3 Å². The van der Waals surface area contributed by atoms with E-state index in [4.69, 9.17) is 19.4 Å². The Labute approximate surface area is 96.0 Å². The van der Waals surface area contributed by atoms with Crippen LogP contribution in [0.25, 0.3) is 0 Å². The first kappa shape index (κ1) is 11.6. The fraction of sp³-hybridized carbons (Fsp3) is 0.500. The zero-order valence-corrected chi connectivity index (χ0v) is 9.04. The molecule has 17 heavy (non-hydrogen) atoms. The molecular formula is C10H11NO6. The number of aromatic nitrogens is 1. The Morgan fingerprint density at radius 3 is 2.47 bits per heavy atom. The first-order chi connectivity index (χ1) is 7.99. The lowest BCUT2D eigenvalue weighted by Gasteiger charge is -1.99. The van der Waals surface area contributed by atoms with E-state index in [0.29, 0.717) is 13.0 Å². The molecule has 2 unspecified atom stereocenters. The molecule has 0 saturated carbocycles. The summed E-state index contributed by atoms with van der Waals surface area (Å²) in [7, 11) is 0. The van der Waals surface area contributed by atoms with Crippen molar-refractivity contribution in [2.45, 2.75) is 25.4 Å². The van der Waals surface area contributed by atoms with E-state index in [9.17, 15) is 9.59 Å². The smallest absolute Gasteiger partial charge is 0.374 e. The molecule has 1 saturated heterocycles. The summed E-state index contributed by atoms with van der Waals surface area (Å²) in [6.45, 7) is 2.24. The zero-order valence-electron chi connectivity index (χ0n) is 9.04. The highest BCUT2D eigenvalue weighted by Crippen LogP contribution is 2.29. The SMILES string of the molecule is CC1CC(c2nc(C(=O)O)c(C(=O)O)o2)CO1. The van der Waals surface area contributed by atoms with E-state index in [-0.39, 0.29) is 17.9 Å². The third-order valence-electron chi connectivity index (χ3n) is 2.59. The number of aromatic carboxylic acids is 2. The van der Waals surface area contributed by atoms with E-state index in [2.05, 4.69) is 4.98 Å². The Morgan fingerprint density at radius 1 is 1.35 bits per heavy atom. The highest BCUT2D eigenvalue weighted by molar-refractivity contribution is 5.98. The van der Waals surface area contributed by atoms with Gasteiger partial charge in [-0.1, -0.05) is 0 Å². The number of hydrogen-bond donors (Lipinski definition) is 2. The Kier molecular flexibility index (Phi) is 2.84. The molecule has 1 fully saturated rings. The van der Waals surface area contributed by atoms with Crippen LogP contribution in [0.15, 0.2) is 4.42 Å². The van der Waals surface area contributed by atoms with E-state index >= 15 is 0 Å². The Balaban J connectivity index is 2.33. The van der Waals surface area contributed by atoms with Crippen LogP contribution in [0.4, 0.5) is 0 Å². The van der Waals surface area contributed by atoms with Gasteiger partial charge >= 0.3 is 11.9 Å². The largest absolute Gasteiger partial charge is 0.476 e. The lowest BCUT2D eigenvalue weighted by atomic mass is 10.1. The van der Waals surface area contributed by atoms with Crippen LogP contribution in [-0.2, 0) is 4.74 Å². The van der Waals surface area contributed by atoms with E-state index < -0.39 is 23.4 Å². The average molecular weight is 241 g/mol. The van der Waals surface area contributed by atoms with E-state index in [1.165, 1.54) is 0 Å². The summed E-state index contributed by atoms with van der Waals surface area (Å²) in [5.41, 5.74) is -0.563. The number of hydrogen-bond acceptors (Lipinski definition) is 5. The van der Waals surface area contributed by atoms with Crippen molar-refractivity contribution >= 4 is 11.9 Å². The van der Waals surface area contributed by atoms with Crippen LogP contribution in [0.1, 0.15) is 46.2 Å². The predicted octanol–water partition coefficient (Wildman–Crippen LogP) is 0.963. The molecule has 1 aromatic rings. The average Bonchev–Trinajstić information content (AvgIpc) is 2.82. The van der Waals surface area contributed by atoms with Gasteiger partial charge in [0.1, 0.15) is 0 Å². The number of carbonyl (C=O) groups is 2. The summed E-state index contributed by atoms with van der Waals surface area (Å²) in [5, 5.41) is 17.6. The molecule has 0 aliphatic carbocycles. The van der Waals surface area contributed by atoms with Crippen molar-refractivity contribution < 1.29 is 29.0 Å². The van der Waals surface area contributed by atoms with Crippen molar-refractivity contribution in [3.8, 4) is 0 Å². The topological polar surface area (TPSA) is 110 Å². The molecular weight excluding hydrogens is 230 g/mol. The first-order valence-electron chi connectivity index (χ1n) is 5.08. The lowest BCUT2D eigenvalue weighted by molar-refractivity contribution is 0.0622. The number of carboxylic acid groups (broad SMARTS) is 2. The van der Waals surface area contributed by atoms with Crippen LogP contribution >= 0.6 is 0 Å². The van der Waals surface area contributed by atoms with E-state index in [1.807, 2.05) is 6.92 Å². The Morgan fingerprint density at radius 2 is 2.06 bits per heavy atom. The minimum Gasteiger partial charge on any atom is -0.476 e. The Hall–Kier alpha value is -1.89. The minimum absolute atomic E-state index is 0.0356. The van der Waals surface area contributed by atoms with Crippen molar-refractivity contribution in [2.75, 3.05) is 6.61 Å².